The molecule has 0 saturated carbocycles. The monoisotopic (exact) mass is 371 g/mol. The fraction of sp³-hybridized carbons (Fsp3) is 0.118. The number of para-hydroxylation sites is 1. The number of hydrogen-bond acceptors (Lipinski definition) is 4. The van der Waals surface area contributed by atoms with Crippen LogP contribution in [0.5, 0.6) is 5.75 Å². The largest absolute Gasteiger partial charge is 0.496 e. The van der Waals surface area contributed by atoms with Crippen molar-refractivity contribution < 1.29 is 9.53 Å². The highest BCUT2D eigenvalue weighted by Crippen LogP contribution is 2.27. The van der Waals surface area contributed by atoms with Crippen molar-refractivity contribution in [2.75, 3.05) is 12.4 Å². The summed E-state index contributed by atoms with van der Waals surface area (Å²) in [5, 5.41) is 3.73. The Morgan fingerprint density at radius 1 is 1.17 bits per heavy atom. The molecule has 0 radical (unpaired) electrons. The standard InChI is InChI=1S/C17H14BrN3O2/c1-10-12-5-3-4-6-14(12)21-16(19-10)17(22)20-11-7-8-15(23-2)13(18)9-11/h3-9H,1-2H3,(H,20,22). The number of methoxy groups -OCH3 is 1. The van der Waals surface area contributed by atoms with Crippen LogP contribution in [0.4, 0.5) is 5.69 Å². The molecular formula is C17H14BrN3O2. The number of benzene rings is 2. The molecule has 0 spiro atoms. The van der Waals surface area contributed by atoms with E-state index in [0.29, 0.717) is 11.4 Å². The second-order valence-electron chi connectivity index (χ2n) is 4.95. The minimum Gasteiger partial charge on any atom is -0.496 e. The molecule has 0 aliphatic heterocycles. The van der Waals surface area contributed by atoms with E-state index >= 15 is 0 Å². The number of carbonyl (C=O) groups excluding carboxylic acids is 1. The highest BCUT2D eigenvalue weighted by atomic mass is 79.9. The third kappa shape index (κ3) is 3.17. The average molecular weight is 372 g/mol. The van der Waals surface area contributed by atoms with Crippen molar-refractivity contribution in [3.8, 4) is 5.75 Å². The van der Waals surface area contributed by atoms with E-state index in [1.807, 2.05) is 31.2 Å². The molecule has 0 aliphatic rings. The lowest BCUT2D eigenvalue weighted by Gasteiger charge is -2.09. The van der Waals surface area contributed by atoms with E-state index in [1.54, 1.807) is 25.3 Å². The maximum Gasteiger partial charge on any atom is 0.293 e. The molecule has 1 N–H and O–H groups in total. The second kappa shape index (κ2) is 6.34. The predicted octanol–water partition coefficient (Wildman–Crippen LogP) is 3.96. The number of nitrogens with one attached hydrogen (secondary N) is 1. The van der Waals surface area contributed by atoms with Gasteiger partial charge >= 0.3 is 0 Å². The maximum absolute atomic E-state index is 12.4. The molecule has 0 bridgehead atoms. The Hall–Kier alpha value is -2.47. The maximum atomic E-state index is 12.4. The quantitative estimate of drug-likeness (QED) is 0.756. The highest BCUT2D eigenvalue weighted by molar-refractivity contribution is 9.10. The Kier molecular flexibility index (Phi) is 4.25. The van der Waals surface area contributed by atoms with Crippen molar-refractivity contribution in [2.24, 2.45) is 0 Å². The van der Waals surface area contributed by atoms with Gasteiger partial charge in [0.25, 0.3) is 5.91 Å². The lowest BCUT2D eigenvalue weighted by Crippen LogP contribution is -2.16. The van der Waals surface area contributed by atoms with Crippen LogP contribution in [0.2, 0.25) is 0 Å². The van der Waals surface area contributed by atoms with E-state index in [-0.39, 0.29) is 11.7 Å². The van der Waals surface area contributed by atoms with Gasteiger partial charge in [-0.05, 0) is 47.1 Å². The Morgan fingerprint density at radius 2 is 1.96 bits per heavy atom. The summed E-state index contributed by atoms with van der Waals surface area (Å²) in [5.74, 6) is 0.491. The number of halogens is 1. The van der Waals surface area contributed by atoms with Crippen LogP contribution in [0.25, 0.3) is 10.9 Å². The van der Waals surface area contributed by atoms with Gasteiger partial charge < -0.3 is 10.1 Å². The topological polar surface area (TPSA) is 64.1 Å². The third-order valence-corrected chi connectivity index (χ3v) is 4.03. The van der Waals surface area contributed by atoms with E-state index < -0.39 is 0 Å². The summed E-state index contributed by atoms with van der Waals surface area (Å²) in [6, 6.07) is 12.9. The van der Waals surface area contributed by atoms with Gasteiger partial charge in [0.05, 0.1) is 17.1 Å². The molecular weight excluding hydrogens is 358 g/mol. The number of amides is 1. The molecule has 3 aromatic rings. The van der Waals surface area contributed by atoms with Gasteiger partial charge in [0.1, 0.15) is 5.75 Å². The van der Waals surface area contributed by atoms with Crippen LogP contribution >= 0.6 is 15.9 Å². The summed E-state index contributed by atoms with van der Waals surface area (Å²) < 4.78 is 5.93. The summed E-state index contributed by atoms with van der Waals surface area (Å²) in [5.41, 5.74) is 2.16. The predicted molar refractivity (Wildman–Crippen MR) is 92.9 cm³/mol. The van der Waals surface area contributed by atoms with Gasteiger partial charge in [-0.15, -0.1) is 0 Å². The van der Waals surface area contributed by atoms with Crippen LogP contribution in [-0.4, -0.2) is 23.0 Å². The van der Waals surface area contributed by atoms with Gasteiger partial charge in [0.2, 0.25) is 5.82 Å². The minimum absolute atomic E-state index is 0.146. The van der Waals surface area contributed by atoms with Crippen molar-refractivity contribution in [3.63, 3.8) is 0 Å². The smallest absolute Gasteiger partial charge is 0.293 e. The summed E-state index contributed by atoms with van der Waals surface area (Å²) in [6.07, 6.45) is 0. The number of aryl methyl sites for hydroxylation is 1. The number of ether oxygens (including phenoxy) is 1. The molecule has 2 aromatic carbocycles. The highest BCUT2D eigenvalue weighted by Gasteiger charge is 2.13. The van der Waals surface area contributed by atoms with Crippen LogP contribution < -0.4 is 10.1 Å². The Balaban J connectivity index is 1.90. The summed E-state index contributed by atoms with van der Waals surface area (Å²) in [7, 11) is 1.59. The van der Waals surface area contributed by atoms with Gasteiger partial charge in [-0.1, -0.05) is 18.2 Å². The fourth-order valence-electron chi connectivity index (χ4n) is 2.27. The first-order chi connectivity index (χ1) is 11.1. The lowest BCUT2D eigenvalue weighted by atomic mass is 10.2. The zero-order chi connectivity index (χ0) is 16.4. The van der Waals surface area contributed by atoms with Crippen molar-refractivity contribution in [1.29, 1.82) is 0 Å². The summed E-state index contributed by atoms with van der Waals surface area (Å²) in [4.78, 5) is 21.0. The lowest BCUT2D eigenvalue weighted by molar-refractivity contribution is 0.101. The SMILES string of the molecule is COc1ccc(NC(=O)c2nc(C)c3ccccc3n2)cc1Br. The normalized spacial score (nSPS) is 10.6. The Bertz CT molecular complexity index is 896. The van der Waals surface area contributed by atoms with Crippen LogP contribution in [0, 0.1) is 6.92 Å². The zero-order valence-electron chi connectivity index (χ0n) is 12.6. The van der Waals surface area contributed by atoms with Crippen LogP contribution in [0.3, 0.4) is 0 Å². The van der Waals surface area contributed by atoms with Crippen molar-refractivity contribution in [1.82, 2.24) is 9.97 Å². The van der Waals surface area contributed by atoms with Gasteiger partial charge in [0, 0.05) is 16.8 Å². The van der Waals surface area contributed by atoms with Gasteiger partial charge in [-0.25, -0.2) is 9.97 Å². The van der Waals surface area contributed by atoms with Gasteiger partial charge in [0.15, 0.2) is 0 Å². The average Bonchev–Trinajstić information content (AvgIpc) is 2.55. The van der Waals surface area contributed by atoms with E-state index in [0.717, 1.165) is 21.1 Å². The van der Waals surface area contributed by atoms with Crippen molar-refractivity contribution in [2.45, 2.75) is 6.92 Å². The second-order valence-corrected chi connectivity index (χ2v) is 5.81. The van der Waals surface area contributed by atoms with E-state index in [2.05, 4.69) is 31.2 Å². The Labute approximate surface area is 141 Å². The van der Waals surface area contributed by atoms with E-state index in [1.165, 1.54) is 0 Å². The number of rotatable bonds is 3. The Morgan fingerprint density at radius 3 is 2.70 bits per heavy atom. The van der Waals surface area contributed by atoms with Crippen LogP contribution in [0.1, 0.15) is 16.3 Å². The number of nitrogens with zero attached hydrogens (tertiary/aromatic N) is 2. The molecule has 0 unspecified atom stereocenters. The summed E-state index contributed by atoms with van der Waals surface area (Å²) in [6.45, 7) is 1.87. The molecule has 3 rings (SSSR count). The third-order valence-electron chi connectivity index (χ3n) is 3.41. The number of fused-ring (bicyclic) bond motifs is 1. The first-order valence-electron chi connectivity index (χ1n) is 6.97. The molecule has 1 aromatic heterocycles. The first-order valence-corrected chi connectivity index (χ1v) is 7.76. The van der Waals surface area contributed by atoms with Gasteiger partial charge in [-0.3, -0.25) is 4.79 Å². The number of hydrogen-bond donors (Lipinski definition) is 1. The molecule has 1 heterocycles. The molecule has 0 fully saturated rings. The van der Waals surface area contributed by atoms with Crippen LogP contribution in [0.15, 0.2) is 46.9 Å². The molecule has 0 saturated heterocycles. The molecule has 5 nitrogen and oxygen atoms in total. The molecule has 0 atom stereocenters. The molecule has 6 heteroatoms. The minimum atomic E-state index is -0.351. The molecule has 1 amide bonds. The first kappa shape index (κ1) is 15.4. The van der Waals surface area contributed by atoms with E-state index in [4.69, 9.17) is 4.74 Å². The van der Waals surface area contributed by atoms with Gasteiger partial charge in [-0.2, -0.15) is 0 Å². The van der Waals surface area contributed by atoms with Crippen molar-refractivity contribution >= 4 is 38.4 Å². The fourth-order valence-corrected chi connectivity index (χ4v) is 2.81. The van der Waals surface area contributed by atoms with Crippen molar-refractivity contribution in [3.05, 3.63) is 58.5 Å². The van der Waals surface area contributed by atoms with E-state index in [9.17, 15) is 4.79 Å². The molecule has 116 valence electrons. The number of carbonyl (C=O) groups is 1. The molecule has 0 aliphatic carbocycles. The molecule has 23 heavy (non-hydrogen) atoms. The number of aromatic nitrogens is 2. The number of anilines is 1. The van der Waals surface area contributed by atoms with Crippen LogP contribution in [-0.2, 0) is 0 Å². The summed E-state index contributed by atoms with van der Waals surface area (Å²) >= 11 is 3.39. The zero-order valence-corrected chi connectivity index (χ0v) is 14.2.